The monoisotopic (exact) mass is 368 g/mol. The topological polar surface area (TPSA) is 115 Å². The van der Waals surface area contributed by atoms with Gasteiger partial charge in [-0.25, -0.2) is 0 Å². The number of carboxylic acid groups (broad SMARTS) is 1. The van der Waals surface area contributed by atoms with Crippen LogP contribution >= 0.6 is 0 Å². The number of Topliss-reactive ketones (excluding diaryl/α,β-unsaturated/α-hetero) is 1. The van der Waals surface area contributed by atoms with Gasteiger partial charge < -0.3 is 20.4 Å². The summed E-state index contributed by atoms with van der Waals surface area (Å²) in [5.41, 5.74) is 0. The molecule has 0 aromatic rings. The summed E-state index contributed by atoms with van der Waals surface area (Å²) in [4.78, 5) is 22.6. The van der Waals surface area contributed by atoms with Crippen LogP contribution in [0.4, 0.5) is 0 Å². The molecule has 0 spiro atoms. The Morgan fingerprint density at radius 1 is 1.23 bits per heavy atom. The minimum absolute atomic E-state index is 0.0194. The Morgan fingerprint density at radius 3 is 2.62 bits per heavy atom. The number of ketones is 1. The van der Waals surface area contributed by atoms with Gasteiger partial charge >= 0.3 is 5.97 Å². The summed E-state index contributed by atoms with van der Waals surface area (Å²) < 4.78 is 0. The second-order valence-electron chi connectivity index (χ2n) is 7.15. The fourth-order valence-corrected chi connectivity index (χ4v) is 3.23. The van der Waals surface area contributed by atoms with Gasteiger partial charge in [0, 0.05) is 24.7 Å². The molecule has 0 bridgehead atoms. The van der Waals surface area contributed by atoms with Gasteiger partial charge in [0.05, 0.1) is 18.3 Å². The summed E-state index contributed by atoms with van der Waals surface area (Å²) >= 11 is 0. The number of allylic oxidation sites excluding steroid dienone is 2. The van der Waals surface area contributed by atoms with Crippen molar-refractivity contribution in [3.8, 4) is 0 Å². The van der Waals surface area contributed by atoms with E-state index in [1.54, 1.807) is 19.1 Å². The van der Waals surface area contributed by atoms with Crippen LogP contribution in [0.15, 0.2) is 24.3 Å². The molecular formula is C20H32O6. The molecule has 6 heteroatoms. The number of rotatable bonds is 12. The molecule has 1 aliphatic rings. The SMILES string of the molecule is C[C@@H](O)CCC[C@H](O)C=C[C@H]1[C@H](O)CC(=O)[C@@H]1CC=CCCCC(=O)O. The van der Waals surface area contributed by atoms with E-state index in [2.05, 4.69) is 0 Å². The first-order valence-corrected chi connectivity index (χ1v) is 9.43. The van der Waals surface area contributed by atoms with Crippen molar-refractivity contribution in [2.75, 3.05) is 0 Å². The molecule has 148 valence electrons. The lowest BCUT2D eigenvalue weighted by Gasteiger charge is -2.16. The lowest BCUT2D eigenvalue weighted by molar-refractivity contribution is -0.137. The number of unbranched alkanes of at least 4 members (excludes halogenated alkanes) is 1. The van der Waals surface area contributed by atoms with E-state index in [-0.39, 0.29) is 36.6 Å². The van der Waals surface area contributed by atoms with Crippen LogP contribution < -0.4 is 0 Å². The number of carbonyl (C=O) groups excluding carboxylic acids is 1. The predicted octanol–water partition coefficient (Wildman–Crippen LogP) is 2.22. The zero-order valence-corrected chi connectivity index (χ0v) is 15.5. The highest BCUT2D eigenvalue weighted by Gasteiger charge is 2.39. The molecule has 0 amide bonds. The fourth-order valence-electron chi connectivity index (χ4n) is 3.23. The van der Waals surface area contributed by atoms with Crippen molar-refractivity contribution < 1.29 is 30.0 Å². The number of hydrogen-bond acceptors (Lipinski definition) is 5. The summed E-state index contributed by atoms with van der Waals surface area (Å²) in [7, 11) is 0. The fraction of sp³-hybridized carbons (Fsp3) is 0.700. The van der Waals surface area contributed by atoms with Gasteiger partial charge in [0.2, 0.25) is 0 Å². The molecule has 6 nitrogen and oxygen atoms in total. The van der Waals surface area contributed by atoms with Crippen LogP contribution in [0.5, 0.6) is 0 Å². The summed E-state index contributed by atoms with van der Waals surface area (Å²) in [6.45, 7) is 1.71. The third-order valence-corrected chi connectivity index (χ3v) is 4.73. The van der Waals surface area contributed by atoms with Gasteiger partial charge in [0.25, 0.3) is 0 Å². The molecule has 0 heterocycles. The van der Waals surface area contributed by atoms with E-state index < -0.39 is 18.2 Å². The van der Waals surface area contributed by atoms with Gasteiger partial charge in [-0.05, 0) is 45.4 Å². The summed E-state index contributed by atoms with van der Waals surface area (Å²) in [6.07, 6.45) is 9.23. The quantitative estimate of drug-likeness (QED) is 0.310. The standard InChI is InChI=1S/C20H32O6/c1-14(21)7-6-8-15(22)11-12-17-16(18(23)13-19(17)24)9-4-2-3-5-10-20(25)26/h2,4,11-12,14-17,19,21-22,24H,3,5-10,13H2,1H3,(H,25,26)/t14-,15+,16-,17-,19-/m1/s1. The van der Waals surface area contributed by atoms with Crippen LogP contribution in [0, 0.1) is 11.8 Å². The predicted molar refractivity (Wildman–Crippen MR) is 98.5 cm³/mol. The van der Waals surface area contributed by atoms with E-state index in [1.165, 1.54) is 0 Å². The average molecular weight is 368 g/mol. The number of hydrogen-bond donors (Lipinski definition) is 4. The van der Waals surface area contributed by atoms with E-state index >= 15 is 0 Å². The van der Waals surface area contributed by atoms with Crippen molar-refractivity contribution in [3.05, 3.63) is 24.3 Å². The van der Waals surface area contributed by atoms with E-state index in [0.29, 0.717) is 38.5 Å². The molecule has 0 saturated heterocycles. The molecular weight excluding hydrogens is 336 g/mol. The lowest BCUT2D eigenvalue weighted by Crippen LogP contribution is -2.18. The van der Waals surface area contributed by atoms with Crippen LogP contribution in [0.1, 0.15) is 58.3 Å². The zero-order valence-electron chi connectivity index (χ0n) is 15.5. The number of aliphatic hydroxyl groups is 3. The molecule has 0 aliphatic heterocycles. The number of aliphatic hydroxyl groups excluding tert-OH is 3. The Kier molecular flexibility index (Phi) is 10.4. The van der Waals surface area contributed by atoms with Gasteiger partial charge in [-0.3, -0.25) is 9.59 Å². The zero-order chi connectivity index (χ0) is 19.5. The van der Waals surface area contributed by atoms with E-state index in [0.717, 1.165) is 0 Å². The van der Waals surface area contributed by atoms with Crippen molar-refractivity contribution in [2.45, 2.75) is 76.6 Å². The molecule has 26 heavy (non-hydrogen) atoms. The molecule has 0 aromatic carbocycles. The van der Waals surface area contributed by atoms with E-state index in [9.17, 15) is 24.9 Å². The highest BCUT2D eigenvalue weighted by Crippen LogP contribution is 2.33. The number of aliphatic carboxylic acids is 1. The van der Waals surface area contributed by atoms with Crippen LogP contribution in [0.3, 0.4) is 0 Å². The minimum atomic E-state index is -0.815. The molecule has 1 rings (SSSR count). The highest BCUT2D eigenvalue weighted by molar-refractivity contribution is 5.84. The van der Waals surface area contributed by atoms with Crippen molar-refractivity contribution in [3.63, 3.8) is 0 Å². The maximum atomic E-state index is 12.1. The van der Waals surface area contributed by atoms with Crippen molar-refractivity contribution >= 4 is 11.8 Å². The molecule has 0 aromatic heterocycles. The van der Waals surface area contributed by atoms with Crippen molar-refractivity contribution in [1.82, 2.24) is 0 Å². The molecule has 1 aliphatic carbocycles. The average Bonchev–Trinajstić information content (AvgIpc) is 2.81. The number of carbonyl (C=O) groups is 2. The lowest BCUT2D eigenvalue weighted by atomic mass is 9.90. The molecule has 0 unspecified atom stereocenters. The first kappa shape index (κ1) is 22.5. The van der Waals surface area contributed by atoms with Crippen LogP contribution in [-0.2, 0) is 9.59 Å². The maximum absolute atomic E-state index is 12.1. The molecule has 5 atom stereocenters. The molecule has 4 N–H and O–H groups in total. The molecule has 0 radical (unpaired) electrons. The third kappa shape index (κ3) is 8.74. The second-order valence-corrected chi connectivity index (χ2v) is 7.15. The van der Waals surface area contributed by atoms with Gasteiger partial charge in [-0.2, -0.15) is 0 Å². The first-order valence-electron chi connectivity index (χ1n) is 9.43. The third-order valence-electron chi connectivity index (χ3n) is 4.73. The second kappa shape index (κ2) is 12.0. The first-order chi connectivity index (χ1) is 12.3. The van der Waals surface area contributed by atoms with Crippen LogP contribution in [-0.4, -0.2) is 50.5 Å². The van der Waals surface area contributed by atoms with Gasteiger partial charge in [0.1, 0.15) is 5.78 Å². The Labute approximate surface area is 155 Å². The van der Waals surface area contributed by atoms with Gasteiger partial charge in [-0.1, -0.05) is 24.3 Å². The summed E-state index contributed by atoms with van der Waals surface area (Å²) in [5, 5.41) is 37.9. The summed E-state index contributed by atoms with van der Waals surface area (Å²) in [6, 6.07) is 0. The van der Waals surface area contributed by atoms with Gasteiger partial charge in [-0.15, -0.1) is 0 Å². The van der Waals surface area contributed by atoms with Gasteiger partial charge in [0.15, 0.2) is 0 Å². The smallest absolute Gasteiger partial charge is 0.303 e. The molecule has 1 saturated carbocycles. The minimum Gasteiger partial charge on any atom is -0.481 e. The normalized spacial score (nSPS) is 26.0. The highest BCUT2D eigenvalue weighted by atomic mass is 16.4. The van der Waals surface area contributed by atoms with E-state index in [1.807, 2.05) is 12.2 Å². The summed E-state index contributed by atoms with van der Waals surface area (Å²) in [5.74, 6) is -1.41. The van der Waals surface area contributed by atoms with Crippen LogP contribution in [0.25, 0.3) is 0 Å². The molecule has 1 fully saturated rings. The Bertz CT molecular complexity index is 497. The largest absolute Gasteiger partial charge is 0.481 e. The van der Waals surface area contributed by atoms with Crippen LogP contribution in [0.2, 0.25) is 0 Å². The Hall–Kier alpha value is -1.50. The Morgan fingerprint density at radius 2 is 1.96 bits per heavy atom. The number of carboxylic acids is 1. The van der Waals surface area contributed by atoms with E-state index in [4.69, 9.17) is 5.11 Å². The Balaban J connectivity index is 2.47. The maximum Gasteiger partial charge on any atom is 0.303 e. The van der Waals surface area contributed by atoms with Crippen molar-refractivity contribution in [1.29, 1.82) is 0 Å². The van der Waals surface area contributed by atoms with Crippen molar-refractivity contribution in [2.24, 2.45) is 11.8 Å².